The maximum atomic E-state index is 9.45. The summed E-state index contributed by atoms with van der Waals surface area (Å²) < 4.78 is 5.18. The Labute approximate surface area is 107 Å². The molecule has 0 amide bonds. The normalized spacial score (nSPS) is 23.7. The van der Waals surface area contributed by atoms with Crippen molar-refractivity contribution in [3.8, 4) is 5.75 Å². The molecule has 1 heterocycles. The van der Waals surface area contributed by atoms with E-state index in [1.54, 1.807) is 7.11 Å². The average molecular weight is 252 g/mol. The lowest BCUT2D eigenvalue weighted by molar-refractivity contribution is 0.111. The number of rotatable bonds is 4. The van der Waals surface area contributed by atoms with Crippen LogP contribution in [0.4, 0.5) is 11.6 Å². The van der Waals surface area contributed by atoms with E-state index in [1.165, 1.54) is 6.33 Å². The molecule has 1 saturated carbocycles. The molecule has 0 atom stereocenters. The van der Waals surface area contributed by atoms with Crippen molar-refractivity contribution in [2.45, 2.75) is 31.8 Å². The maximum absolute atomic E-state index is 9.45. The standard InChI is InChI=1S/C12H20N4O2/c1-18-10-11(13)15-7-16-12(10)14-6-8-2-4-9(17)5-3-8/h7-9,17H,2-6H2,1H3,(H3,13,14,15,16). The number of methoxy groups -OCH3 is 1. The van der Waals surface area contributed by atoms with Crippen LogP contribution in [0.3, 0.4) is 0 Å². The van der Waals surface area contributed by atoms with Gasteiger partial charge >= 0.3 is 0 Å². The summed E-state index contributed by atoms with van der Waals surface area (Å²) in [4.78, 5) is 8.02. The molecule has 1 aliphatic carbocycles. The summed E-state index contributed by atoms with van der Waals surface area (Å²) in [6, 6.07) is 0. The molecular formula is C12H20N4O2. The zero-order valence-electron chi connectivity index (χ0n) is 10.6. The van der Waals surface area contributed by atoms with Crippen molar-refractivity contribution in [2.24, 2.45) is 5.92 Å². The molecule has 1 aromatic heterocycles. The van der Waals surface area contributed by atoms with Crippen LogP contribution in [0.5, 0.6) is 5.75 Å². The van der Waals surface area contributed by atoms with Crippen molar-refractivity contribution in [3.05, 3.63) is 6.33 Å². The SMILES string of the molecule is COc1c(N)ncnc1NCC1CCC(O)CC1. The number of nitrogens with one attached hydrogen (secondary N) is 1. The first-order valence-corrected chi connectivity index (χ1v) is 6.27. The van der Waals surface area contributed by atoms with E-state index in [-0.39, 0.29) is 6.10 Å². The van der Waals surface area contributed by atoms with Crippen molar-refractivity contribution in [2.75, 3.05) is 24.7 Å². The smallest absolute Gasteiger partial charge is 0.203 e. The average Bonchev–Trinajstić information content (AvgIpc) is 2.38. The van der Waals surface area contributed by atoms with Gasteiger partial charge in [0.1, 0.15) is 6.33 Å². The fourth-order valence-electron chi connectivity index (χ4n) is 2.30. The largest absolute Gasteiger partial charge is 0.490 e. The van der Waals surface area contributed by atoms with Gasteiger partial charge in [-0.2, -0.15) is 0 Å². The number of nitrogen functional groups attached to an aromatic ring is 1. The van der Waals surface area contributed by atoms with Crippen molar-refractivity contribution < 1.29 is 9.84 Å². The van der Waals surface area contributed by atoms with Crippen LogP contribution in [-0.4, -0.2) is 34.8 Å². The van der Waals surface area contributed by atoms with Gasteiger partial charge in [-0.15, -0.1) is 0 Å². The van der Waals surface area contributed by atoms with Crippen LogP contribution in [0.25, 0.3) is 0 Å². The third-order valence-electron chi connectivity index (χ3n) is 3.41. The molecule has 0 aromatic carbocycles. The first kappa shape index (κ1) is 12.9. The van der Waals surface area contributed by atoms with Crippen LogP contribution < -0.4 is 15.8 Å². The maximum Gasteiger partial charge on any atom is 0.203 e. The molecule has 0 spiro atoms. The van der Waals surface area contributed by atoms with Gasteiger partial charge in [0.25, 0.3) is 0 Å². The molecule has 6 nitrogen and oxygen atoms in total. The number of nitrogens with zero attached hydrogens (tertiary/aromatic N) is 2. The number of anilines is 2. The first-order chi connectivity index (χ1) is 8.70. The topological polar surface area (TPSA) is 93.3 Å². The van der Waals surface area contributed by atoms with E-state index >= 15 is 0 Å². The zero-order valence-corrected chi connectivity index (χ0v) is 10.6. The molecule has 100 valence electrons. The van der Waals surface area contributed by atoms with E-state index in [2.05, 4.69) is 15.3 Å². The minimum Gasteiger partial charge on any atom is -0.490 e. The molecular weight excluding hydrogens is 232 g/mol. The van der Waals surface area contributed by atoms with Crippen LogP contribution >= 0.6 is 0 Å². The Kier molecular flexibility index (Phi) is 4.19. The van der Waals surface area contributed by atoms with E-state index in [0.29, 0.717) is 23.3 Å². The predicted molar refractivity (Wildman–Crippen MR) is 69.5 cm³/mol. The number of nitrogens with two attached hydrogens (primary N) is 1. The van der Waals surface area contributed by atoms with Crippen LogP contribution in [0.2, 0.25) is 0 Å². The van der Waals surface area contributed by atoms with E-state index in [0.717, 1.165) is 32.2 Å². The second-order valence-corrected chi connectivity index (χ2v) is 4.70. The predicted octanol–water partition coefficient (Wildman–Crippen LogP) is 1.03. The number of aliphatic hydroxyl groups excluding tert-OH is 1. The Morgan fingerprint density at radius 2 is 2.11 bits per heavy atom. The van der Waals surface area contributed by atoms with Gasteiger partial charge in [0.05, 0.1) is 13.2 Å². The third-order valence-corrected chi connectivity index (χ3v) is 3.41. The molecule has 0 saturated heterocycles. The van der Waals surface area contributed by atoms with Crippen LogP contribution in [0, 0.1) is 5.92 Å². The van der Waals surface area contributed by atoms with Crippen LogP contribution in [0.1, 0.15) is 25.7 Å². The molecule has 1 aliphatic rings. The van der Waals surface area contributed by atoms with E-state index in [4.69, 9.17) is 10.5 Å². The Balaban J connectivity index is 1.92. The van der Waals surface area contributed by atoms with Gasteiger partial charge in [-0.3, -0.25) is 0 Å². The van der Waals surface area contributed by atoms with Crippen molar-refractivity contribution in [1.82, 2.24) is 9.97 Å². The highest BCUT2D eigenvalue weighted by atomic mass is 16.5. The molecule has 4 N–H and O–H groups in total. The minimum atomic E-state index is -0.120. The van der Waals surface area contributed by atoms with Gasteiger partial charge in [0.2, 0.25) is 5.75 Å². The highest BCUT2D eigenvalue weighted by Gasteiger charge is 2.20. The number of aliphatic hydroxyl groups is 1. The molecule has 0 unspecified atom stereocenters. The Bertz CT molecular complexity index is 392. The van der Waals surface area contributed by atoms with Crippen molar-refractivity contribution >= 4 is 11.6 Å². The summed E-state index contributed by atoms with van der Waals surface area (Å²) in [6.45, 7) is 0.819. The quantitative estimate of drug-likeness (QED) is 0.741. The van der Waals surface area contributed by atoms with Gasteiger partial charge < -0.3 is 20.9 Å². The number of aromatic nitrogens is 2. The van der Waals surface area contributed by atoms with Gasteiger partial charge in [0, 0.05) is 6.54 Å². The highest BCUT2D eigenvalue weighted by molar-refractivity contribution is 5.61. The summed E-state index contributed by atoms with van der Waals surface area (Å²) in [5.74, 6) is 2.04. The minimum absolute atomic E-state index is 0.120. The van der Waals surface area contributed by atoms with Crippen LogP contribution in [-0.2, 0) is 0 Å². The van der Waals surface area contributed by atoms with E-state index < -0.39 is 0 Å². The van der Waals surface area contributed by atoms with Gasteiger partial charge in [-0.1, -0.05) is 0 Å². The van der Waals surface area contributed by atoms with Gasteiger partial charge in [-0.05, 0) is 31.6 Å². The number of hydrogen-bond donors (Lipinski definition) is 3. The van der Waals surface area contributed by atoms with E-state index in [1.807, 2.05) is 0 Å². The lowest BCUT2D eigenvalue weighted by Crippen LogP contribution is -2.24. The summed E-state index contributed by atoms with van der Waals surface area (Å²) in [5.41, 5.74) is 5.71. The van der Waals surface area contributed by atoms with Crippen molar-refractivity contribution in [1.29, 1.82) is 0 Å². The summed E-state index contributed by atoms with van der Waals surface area (Å²) in [6.07, 6.45) is 5.15. The molecule has 18 heavy (non-hydrogen) atoms. The van der Waals surface area contributed by atoms with Gasteiger partial charge in [0.15, 0.2) is 11.6 Å². The molecule has 0 bridgehead atoms. The van der Waals surface area contributed by atoms with E-state index in [9.17, 15) is 5.11 Å². The molecule has 1 aromatic rings. The number of hydrogen-bond acceptors (Lipinski definition) is 6. The molecule has 0 aliphatic heterocycles. The molecule has 6 heteroatoms. The van der Waals surface area contributed by atoms with Gasteiger partial charge in [-0.25, -0.2) is 9.97 Å². The Morgan fingerprint density at radius 1 is 1.39 bits per heavy atom. The lowest BCUT2D eigenvalue weighted by Gasteiger charge is -2.25. The summed E-state index contributed by atoms with van der Waals surface area (Å²) in [5, 5.41) is 12.7. The Morgan fingerprint density at radius 3 is 2.78 bits per heavy atom. The molecule has 1 fully saturated rings. The van der Waals surface area contributed by atoms with Crippen LogP contribution in [0.15, 0.2) is 6.33 Å². The molecule has 0 radical (unpaired) electrons. The third kappa shape index (κ3) is 3.01. The summed E-state index contributed by atoms with van der Waals surface area (Å²) >= 11 is 0. The second-order valence-electron chi connectivity index (χ2n) is 4.70. The second kappa shape index (κ2) is 5.86. The number of ether oxygens (including phenoxy) is 1. The summed E-state index contributed by atoms with van der Waals surface area (Å²) in [7, 11) is 1.55. The zero-order chi connectivity index (χ0) is 13.0. The fourth-order valence-corrected chi connectivity index (χ4v) is 2.30. The Hall–Kier alpha value is -1.56. The lowest BCUT2D eigenvalue weighted by atomic mass is 9.87. The fraction of sp³-hybridized carbons (Fsp3) is 0.667. The monoisotopic (exact) mass is 252 g/mol. The highest BCUT2D eigenvalue weighted by Crippen LogP contribution is 2.28. The first-order valence-electron chi connectivity index (χ1n) is 6.27. The molecule has 2 rings (SSSR count). The van der Waals surface area contributed by atoms with Crippen molar-refractivity contribution in [3.63, 3.8) is 0 Å².